The molecule has 4 heteroatoms. The molecule has 0 bridgehead atoms. The quantitative estimate of drug-likeness (QED) is 0.867. The maximum Gasteiger partial charge on any atom is 0.125 e. The monoisotopic (exact) mass is 310 g/mol. The molecule has 0 saturated heterocycles. The summed E-state index contributed by atoms with van der Waals surface area (Å²) in [5.41, 5.74) is 2.65. The molecule has 1 unspecified atom stereocenters. The Kier molecular flexibility index (Phi) is 4.92. The summed E-state index contributed by atoms with van der Waals surface area (Å²) >= 11 is 12.1. The van der Waals surface area contributed by atoms with Gasteiger partial charge in [-0.15, -0.1) is 0 Å². The second-order valence-electron chi connectivity index (χ2n) is 4.72. The summed E-state index contributed by atoms with van der Waals surface area (Å²) in [7, 11) is 0. The van der Waals surface area contributed by atoms with E-state index in [1.54, 1.807) is 13.0 Å². The van der Waals surface area contributed by atoms with E-state index in [1.165, 1.54) is 0 Å². The van der Waals surface area contributed by atoms with E-state index in [0.29, 0.717) is 22.4 Å². The molecule has 0 radical (unpaired) electrons. The number of aryl methyl sites for hydroxylation is 1. The highest BCUT2D eigenvalue weighted by molar-refractivity contribution is 6.42. The molecule has 0 aromatic heterocycles. The molecule has 20 heavy (non-hydrogen) atoms. The standard InChI is InChI=1S/C16H16Cl2O2/c1-10-6-7-13(11(2)19)15(8-10)20-9-12-4-3-5-14(17)16(12)18/h3-8,11,19H,9H2,1-2H3. The molecule has 1 atom stereocenters. The number of rotatable bonds is 4. The zero-order chi connectivity index (χ0) is 14.7. The Balaban J connectivity index is 2.22. The average molecular weight is 311 g/mol. The lowest BCUT2D eigenvalue weighted by Gasteiger charge is -2.15. The maximum absolute atomic E-state index is 9.76. The van der Waals surface area contributed by atoms with E-state index in [-0.39, 0.29) is 0 Å². The van der Waals surface area contributed by atoms with Crippen molar-refractivity contribution in [2.45, 2.75) is 26.6 Å². The SMILES string of the molecule is Cc1ccc(C(C)O)c(OCc2cccc(Cl)c2Cl)c1. The van der Waals surface area contributed by atoms with Gasteiger partial charge in [-0.05, 0) is 31.5 Å². The highest BCUT2D eigenvalue weighted by Gasteiger charge is 2.11. The second-order valence-corrected chi connectivity index (χ2v) is 5.50. The van der Waals surface area contributed by atoms with Crippen LogP contribution in [0.15, 0.2) is 36.4 Å². The molecule has 0 fully saturated rings. The van der Waals surface area contributed by atoms with Gasteiger partial charge in [0.2, 0.25) is 0 Å². The van der Waals surface area contributed by atoms with Crippen LogP contribution in [0.25, 0.3) is 0 Å². The van der Waals surface area contributed by atoms with Crippen molar-refractivity contribution in [3.63, 3.8) is 0 Å². The smallest absolute Gasteiger partial charge is 0.125 e. The molecular weight excluding hydrogens is 295 g/mol. The summed E-state index contributed by atoms with van der Waals surface area (Å²) < 4.78 is 5.80. The predicted molar refractivity (Wildman–Crippen MR) is 82.6 cm³/mol. The van der Waals surface area contributed by atoms with E-state index in [1.807, 2.05) is 37.3 Å². The van der Waals surface area contributed by atoms with Crippen molar-refractivity contribution in [1.29, 1.82) is 0 Å². The Morgan fingerprint density at radius 2 is 1.95 bits per heavy atom. The lowest BCUT2D eigenvalue weighted by molar-refractivity contribution is 0.190. The van der Waals surface area contributed by atoms with E-state index in [0.717, 1.165) is 16.7 Å². The second kappa shape index (κ2) is 6.49. The van der Waals surface area contributed by atoms with Crippen LogP contribution in [-0.4, -0.2) is 5.11 Å². The van der Waals surface area contributed by atoms with Crippen molar-refractivity contribution in [2.24, 2.45) is 0 Å². The predicted octanol–water partition coefficient (Wildman–Crippen LogP) is 4.93. The molecule has 2 aromatic carbocycles. The summed E-state index contributed by atoms with van der Waals surface area (Å²) in [5, 5.41) is 10.8. The lowest BCUT2D eigenvalue weighted by atomic mass is 10.1. The van der Waals surface area contributed by atoms with Crippen molar-refractivity contribution in [3.8, 4) is 5.75 Å². The largest absolute Gasteiger partial charge is 0.488 e. The molecule has 0 saturated carbocycles. The summed E-state index contributed by atoms with van der Waals surface area (Å²) in [4.78, 5) is 0. The van der Waals surface area contributed by atoms with Crippen LogP contribution in [0.5, 0.6) is 5.75 Å². The first kappa shape index (κ1) is 15.2. The molecule has 2 nitrogen and oxygen atoms in total. The van der Waals surface area contributed by atoms with Crippen molar-refractivity contribution in [3.05, 3.63) is 63.1 Å². The summed E-state index contributed by atoms with van der Waals surface area (Å²) in [6, 6.07) is 11.2. The highest BCUT2D eigenvalue weighted by Crippen LogP contribution is 2.30. The van der Waals surface area contributed by atoms with Gasteiger partial charge in [0.1, 0.15) is 12.4 Å². The van der Waals surface area contributed by atoms with Gasteiger partial charge in [0.25, 0.3) is 0 Å². The normalized spacial score (nSPS) is 12.2. The Labute approximate surface area is 128 Å². The molecule has 2 aromatic rings. The first-order chi connectivity index (χ1) is 9.49. The summed E-state index contributed by atoms with van der Waals surface area (Å²) in [6.07, 6.45) is -0.583. The van der Waals surface area contributed by atoms with Gasteiger partial charge in [0.15, 0.2) is 0 Å². The van der Waals surface area contributed by atoms with Gasteiger partial charge in [-0.3, -0.25) is 0 Å². The van der Waals surface area contributed by atoms with Crippen molar-refractivity contribution < 1.29 is 9.84 Å². The van der Waals surface area contributed by atoms with Gasteiger partial charge in [0, 0.05) is 11.1 Å². The number of hydrogen-bond acceptors (Lipinski definition) is 2. The molecular formula is C16H16Cl2O2. The third-order valence-corrected chi connectivity index (χ3v) is 3.89. The number of halogens is 2. The Hall–Kier alpha value is -1.22. The molecule has 1 N–H and O–H groups in total. The number of aliphatic hydroxyl groups excluding tert-OH is 1. The Morgan fingerprint density at radius 3 is 2.65 bits per heavy atom. The zero-order valence-electron chi connectivity index (χ0n) is 11.4. The fourth-order valence-corrected chi connectivity index (χ4v) is 2.30. The van der Waals surface area contributed by atoms with E-state index in [2.05, 4.69) is 0 Å². The van der Waals surface area contributed by atoms with Crippen LogP contribution in [0, 0.1) is 6.92 Å². The van der Waals surface area contributed by atoms with E-state index >= 15 is 0 Å². The number of benzene rings is 2. The van der Waals surface area contributed by atoms with Gasteiger partial charge in [-0.1, -0.05) is 47.5 Å². The van der Waals surface area contributed by atoms with Crippen molar-refractivity contribution >= 4 is 23.2 Å². The summed E-state index contributed by atoms with van der Waals surface area (Å²) in [6.45, 7) is 4.00. The molecule has 106 valence electrons. The molecule has 0 aliphatic heterocycles. The van der Waals surface area contributed by atoms with Crippen LogP contribution >= 0.6 is 23.2 Å². The van der Waals surface area contributed by atoms with Crippen LogP contribution in [-0.2, 0) is 6.61 Å². The number of ether oxygens (including phenoxy) is 1. The van der Waals surface area contributed by atoms with Gasteiger partial charge in [-0.25, -0.2) is 0 Å². The molecule has 0 heterocycles. The fraction of sp³-hybridized carbons (Fsp3) is 0.250. The summed E-state index contributed by atoms with van der Waals surface area (Å²) in [5.74, 6) is 0.663. The van der Waals surface area contributed by atoms with Crippen LogP contribution in [0.3, 0.4) is 0 Å². The first-order valence-corrected chi connectivity index (χ1v) is 7.09. The van der Waals surface area contributed by atoms with Crippen LogP contribution in [0.1, 0.15) is 29.7 Å². The number of hydrogen-bond donors (Lipinski definition) is 1. The van der Waals surface area contributed by atoms with Gasteiger partial charge in [-0.2, -0.15) is 0 Å². The minimum atomic E-state index is -0.583. The highest BCUT2D eigenvalue weighted by atomic mass is 35.5. The van der Waals surface area contributed by atoms with Crippen LogP contribution < -0.4 is 4.74 Å². The topological polar surface area (TPSA) is 29.5 Å². The molecule has 0 aliphatic rings. The van der Waals surface area contributed by atoms with Gasteiger partial charge >= 0.3 is 0 Å². The minimum absolute atomic E-state index is 0.308. The first-order valence-electron chi connectivity index (χ1n) is 6.33. The molecule has 2 rings (SSSR count). The molecule has 0 aliphatic carbocycles. The fourth-order valence-electron chi connectivity index (χ4n) is 1.93. The zero-order valence-corrected chi connectivity index (χ0v) is 12.9. The molecule has 0 spiro atoms. The Bertz CT molecular complexity index is 609. The van der Waals surface area contributed by atoms with E-state index in [4.69, 9.17) is 27.9 Å². The Morgan fingerprint density at radius 1 is 1.20 bits per heavy atom. The molecule has 0 amide bonds. The van der Waals surface area contributed by atoms with Crippen LogP contribution in [0.4, 0.5) is 0 Å². The van der Waals surface area contributed by atoms with Crippen molar-refractivity contribution in [2.75, 3.05) is 0 Å². The average Bonchev–Trinajstić information content (AvgIpc) is 2.40. The van der Waals surface area contributed by atoms with Gasteiger partial charge in [0.05, 0.1) is 16.1 Å². The maximum atomic E-state index is 9.76. The van der Waals surface area contributed by atoms with E-state index in [9.17, 15) is 5.11 Å². The van der Waals surface area contributed by atoms with Crippen LogP contribution in [0.2, 0.25) is 10.0 Å². The number of aliphatic hydroxyl groups is 1. The van der Waals surface area contributed by atoms with E-state index < -0.39 is 6.10 Å². The third kappa shape index (κ3) is 3.45. The third-order valence-electron chi connectivity index (χ3n) is 3.03. The lowest BCUT2D eigenvalue weighted by Crippen LogP contribution is -2.02. The minimum Gasteiger partial charge on any atom is -0.488 e. The van der Waals surface area contributed by atoms with Gasteiger partial charge < -0.3 is 9.84 Å². The van der Waals surface area contributed by atoms with Crippen molar-refractivity contribution in [1.82, 2.24) is 0 Å².